The number of fused-ring (bicyclic) bond motifs is 6. The van der Waals surface area contributed by atoms with Crippen LogP contribution in [0.5, 0.6) is 0 Å². The van der Waals surface area contributed by atoms with E-state index in [0.717, 1.165) is 55.9 Å². The third-order valence-corrected chi connectivity index (χ3v) is 7.91. The second kappa shape index (κ2) is 8.53. The maximum atomic E-state index is 5.17. The van der Waals surface area contributed by atoms with E-state index in [9.17, 15) is 0 Å². The van der Waals surface area contributed by atoms with Crippen molar-refractivity contribution in [3.05, 3.63) is 108 Å². The lowest BCUT2D eigenvalue weighted by atomic mass is 9.91. The molecule has 0 saturated heterocycles. The van der Waals surface area contributed by atoms with Gasteiger partial charge in [-0.2, -0.15) is 0 Å². The predicted octanol–water partition coefficient (Wildman–Crippen LogP) is 9.27. The van der Waals surface area contributed by atoms with Gasteiger partial charge in [0.1, 0.15) is 0 Å². The van der Waals surface area contributed by atoms with Crippen molar-refractivity contribution in [2.45, 2.75) is 52.4 Å². The highest BCUT2D eigenvalue weighted by molar-refractivity contribution is 6.08. The van der Waals surface area contributed by atoms with Crippen LogP contribution in [0.4, 0.5) is 0 Å². The molecule has 0 unspecified atom stereocenters. The van der Waals surface area contributed by atoms with E-state index >= 15 is 0 Å². The minimum Gasteiger partial charge on any atom is -0.308 e. The van der Waals surface area contributed by atoms with Crippen LogP contribution in [0.25, 0.3) is 55.2 Å². The predicted molar refractivity (Wildman–Crippen MR) is 168 cm³/mol. The number of rotatable bonds is 2. The van der Waals surface area contributed by atoms with Gasteiger partial charge in [0.25, 0.3) is 0 Å². The highest BCUT2D eigenvalue weighted by Crippen LogP contribution is 2.36. The fourth-order valence-corrected chi connectivity index (χ4v) is 5.82. The Hall–Kier alpha value is -4.44. The van der Waals surface area contributed by atoms with Gasteiger partial charge in [-0.15, -0.1) is 0 Å². The first-order chi connectivity index (χ1) is 19.1. The summed E-state index contributed by atoms with van der Waals surface area (Å²) in [7, 11) is 0. The summed E-state index contributed by atoms with van der Waals surface area (Å²) in [5, 5.41) is 2.34. The van der Waals surface area contributed by atoms with Gasteiger partial charge in [0.05, 0.1) is 33.1 Å². The van der Waals surface area contributed by atoms with Crippen LogP contribution < -0.4 is 0 Å². The topological polar surface area (TPSA) is 35.6 Å². The van der Waals surface area contributed by atoms with Gasteiger partial charge in [-0.1, -0.05) is 84.0 Å². The van der Waals surface area contributed by atoms with E-state index < -0.39 is 0 Å². The molecule has 0 aliphatic rings. The molecule has 7 rings (SSSR count). The van der Waals surface area contributed by atoms with Gasteiger partial charge in [-0.05, 0) is 54.6 Å². The number of hydrogen-bond acceptors (Lipinski definition) is 2. The monoisotopic (exact) mass is 522 g/mol. The van der Waals surface area contributed by atoms with Crippen molar-refractivity contribution < 1.29 is 0 Å². The molecule has 0 spiro atoms. The van der Waals surface area contributed by atoms with Gasteiger partial charge in [0, 0.05) is 44.4 Å². The van der Waals surface area contributed by atoms with Crippen molar-refractivity contribution in [3.63, 3.8) is 0 Å². The van der Waals surface area contributed by atoms with Crippen LogP contribution in [-0.4, -0.2) is 19.1 Å². The molecule has 4 nitrogen and oxygen atoms in total. The molecule has 7 aromatic rings. The van der Waals surface area contributed by atoms with Crippen molar-refractivity contribution in [2.75, 3.05) is 0 Å². The van der Waals surface area contributed by atoms with E-state index in [-0.39, 0.29) is 10.8 Å². The third-order valence-electron chi connectivity index (χ3n) is 7.91. The number of aromatic nitrogens is 4. The Morgan fingerprint density at radius 1 is 0.450 bits per heavy atom. The zero-order valence-corrected chi connectivity index (χ0v) is 24.0. The zero-order chi connectivity index (χ0) is 27.8. The fourth-order valence-electron chi connectivity index (χ4n) is 5.82. The normalized spacial score (nSPS) is 12.8. The number of pyridine rings is 2. The summed E-state index contributed by atoms with van der Waals surface area (Å²) < 4.78 is 4.69. The number of para-hydroxylation sites is 2. The SMILES string of the molecule is CC(C)(C)c1ccc2c(n1)c1ccccc1n2-c1cccc(-n2c3ccccc3c3nc(C(C)(C)C)ccc32)c1. The van der Waals surface area contributed by atoms with Crippen molar-refractivity contribution in [2.24, 2.45) is 0 Å². The van der Waals surface area contributed by atoms with Crippen molar-refractivity contribution in [1.82, 2.24) is 19.1 Å². The first-order valence-electron chi connectivity index (χ1n) is 14.0. The van der Waals surface area contributed by atoms with Crippen LogP contribution in [-0.2, 0) is 10.8 Å². The molecule has 0 aliphatic carbocycles. The molecular formula is C36H34N4. The summed E-state index contributed by atoms with van der Waals surface area (Å²) in [6.45, 7) is 13.3. The van der Waals surface area contributed by atoms with E-state index in [1.165, 1.54) is 10.8 Å². The van der Waals surface area contributed by atoms with Crippen LogP contribution in [0.2, 0.25) is 0 Å². The highest BCUT2D eigenvalue weighted by atomic mass is 15.0. The number of nitrogens with zero attached hydrogens (tertiary/aromatic N) is 4. The van der Waals surface area contributed by atoms with Crippen LogP contribution in [0.15, 0.2) is 97.1 Å². The Morgan fingerprint density at radius 3 is 1.30 bits per heavy atom. The average Bonchev–Trinajstić information content (AvgIpc) is 3.44. The van der Waals surface area contributed by atoms with Crippen LogP contribution in [0, 0.1) is 0 Å². The van der Waals surface area contributed by atoms with Gasteiger partial charge < -0.3 is 9.13 Å². The molecular weight excluding hydrogens is 488 g/mol. The van der Waals surface area contributed by atoms with Crippen molar-refractivity contribution >= 4 is 43.9 Å². The summed E-state index contributed by atoms with van der Waals surface area (Å²) in [5.74, 6) is 0. The van der Waals surface area contributed by atoms with Gasteiger partial charge >= 0.3 is 0 Å². The molecule has 3 aromatic carbocycles. The largest absolute Gasteiger partial charge is 0.308 e. The summed E-state index contributed by atoms with van der Waals surface area (Å²) in [6, 6.07) is 34.8. The van der Waals surface area contributed by atoms with E-state index in [0.29, 0.717) is 0 Å². The lowest BCUT2D eigenvalue weighted by Crippen LogP contribution is -2.13. The first kappa shape index (κ1) is 24.6. The molecule has 0 bridgehead atoms. The Labute approximate surface area is 234 Å². The van der Waals surface area contributed by atoms with Gasteiger partial charge in [0.15, 0.2) is 0 Å². The molecule has 0 aliphatic heterocycles. The molecule has 4 heteroatoms. The van der Waals surface area contributed by atoms with Crippen LogP contribution in [0.1, 0.15) is 52.9 Å². The maximum Gasteiger partial charge on any atom is 0.0967 e. The van der Waals surface area contributed by atoms with Crippen LogP contribution >= 0.6 is 0 Å². The number of hydrogen-bond donors (Lipinski definition) is 0. The molecule has 0 atom stereocenters. The summed E-state index contributed by atoms with van der Waals surface area (Å²) in [5.41, 5.74) is 11.0. The Morgan fingerprint density at radius 2 is 0.875 bits per heavy atom. The smallest absolute Gasteiger partial charge is 0.0967 e. The van der Waals surface area contributed by atoms with E-state index in [2.05, 4.69) is 148 Å². The quantitative estimate of drug-likeness (QED) is 0.227. The fraction of sp³-hybridized carbons (Fsp3) is 0.222. The van der Waals surface area contributed by atoms with Crippen LogP contribution in [0.3, 0.4) is 0 Å². The van der Waals surface area contributed by atoms with Gasteiger partial charge in [-0.25, -0.2) is 9.97 Å². The Kier molecular flexibility index (Phi) is 5.24. The summed E-state index contributed by atoms with van der Waals surface area (Å²) >= 11 is 0. The summed E-state index contributed by atoms with van der Waals surface area (Å²) in [6.07, 6.45) is 0. The standard InChI is InChI=1S/C36H34N4/c1-35(2,3)31-20-18-29-33(37-31)25-14-7-9-16-27(25)39(29)23-12-11-13-24(22-23)40-28-17-10-8-15-26(28)34-30(40)19-21-32(38-34)36(4,5)6/h7-22H,1-6H3. The van der Waals surface area contributed by atoms with E-state index in [1.54, 1.807) is 0 Å². The molecule has 4 aromatic heterocycles. The van der Waals surface area contributed by atoms with Crippen molar-refractivity contribution in [1.29, 1.82) is 0 Å². The Bertz CT molecular complexity index is 1930. The minimum atomic E-state index is -0.0191. The minimum absolute atomic E-state index is 0.0191. The molecule has 0 amide bonds. The molecule has 0 saturated carbocycles. The maximum absolute atomic E-state index is 5.17. The molecule has 198 valence electrons. The molecule has 4 heterocycles. The molecule has 40 heavy (non-hydrogen) atoms. The van der Waals surface area contributed by atoms with Crippen molar-refractivity contribution in [3.8, 4) is 11.4 Å². The molecule has 0 radical (unpaired) electrons. The average molecular weight is 523 g/mol. The first-order valence-corrected chi connectivity index (χ1v) is 14.0. The third kappa shape index (κ3) is 3.74. The zero-order valence-electron chi connectivity index (χ0n) is 24.0. The van der Waals surface area contributed by atoms with Gasteiger partial charge in [0.2, 0.25) is 0 Å². The number of benzene rings is 3. The second-order valence-electron chi connectivity index (χ2n) is 12.9. The lowest BCUT2D eigenvalue weighted by Gasteiger charge is -2.18. The molecule has 0 fully saturated rings. The van der Waals surface area contributed by atoms with E-state index in [1.807, 2.05) is 0 Å². The molecule has 0 N–H and O–H groups in total. The van der Waals surface area contributed by atoms with Gasteiger partial charge in [-0.3, -0.25) is 0 Å². The highest BCUT2D eigenvalue weighted by Gasteiger charge is 2.21. The lowest BCUT2D eigenvalue weighted by molar-refractivity contribution is 0.571. The second-order valence-corrected chi connectivity index (χ2v) is 12.9. The Balaban J connectivity index is 1.49. The van der Waals surface area contributed by atoms with E-state index in [4.69, 9.17) is 9.97 Å². The summed E-state index contributed by atoms with van der Waals surface area (Å²) in [4.78, 5) is 10.3.